The van der Waals surface area contributed by atoms with Gasteiger partial charge < -0.3 is 19.3 Å². The SMILES string of the molecule is CC(C)(CO)COCC(C)(C)COCC(=O)OC(C)(C)C. The maximum absolute atomic E-state index is 11.5. The van der Waals surface area contributed by atoms with Crippen molar-refractivity contribution in [3.63, 3.8) is 0 Å². The molecule has 0 saturated heterocycles. The van der Waals surface area contributed by atoms with Crippen molar-refractivity contribution in [3.05, 3.63) is 0 Å². The van der Waals surface area contributed by atoms with Crippen molar-refractivity contribution in [2.45, 2.75) is 54.1 Å². The van der Waals surface area contributed by atoms with Crippen molar-refractivity contribution < 1.29 is 24.1 Å². The van der Waals surface area contributed by atoms with Crippen LogP contribution in [0, 0.1) is 10.8 Å². The van der Waals surface area contributed by atoms with Crippen LogP contribution in [0.5, 0.6) is 0 Å². The number of carbonyl (C=O) groups is 1. The van der Waals surface area contributed by atoms with E-state index >= 15 is 0 Å². The molecule has 0 bridgehead atoms. The molecule has 0 amide bonds. The van der Waals surface area contributed by atoms with Gasteiger partial charge >= 0.3 is 5.97 Å². The molecule has 0 spiro atoms. The Morgan fingerprint density at radius 2 is 1.33 bits per heavy atom. The summed E-state index contributed by atoms with van der Waals surface area (Å²) in [6.07, 6.45) is 0. The predicted octanol–water partition coefficient (Wildman–Crippen LogP) is 2.41. The van der Waals surface area contributed by atoms with Gasteiger partial charge in [-0.1, -0.05) is 27.7 Å². The fourth-order valence-electron chi connectivity index (χ4n) is 1.47. The molecule has 21 heavy (non-hydrogen) atoms. The number of aliphatic hydroxyl groups is 1. The maximum atomic E-state index is 11.5. The fraction of sp³-hybridized carbons (Fsp3) is 0.938. The zero-order chi connectivity index (χ0) is 16.7. The predicted molar refractivity (Wildman–Crippen MR) is 82.1 cm³/mol. The highest BCUT2D eigenvalue weighted by Crippen LogP contribution is 2.19. The van der Waals surface area contributed by atoms with Crippen LogP contribution in [0.15, 0.2) is 0 Å². The number of carbonyl (C=O) groups excluding carboxylic acids is 1. The normalized spacial score (nSPS) is 13.3. The Labute approximate surface area is 129 Å². The summed E-state index contributed by atoms with van der Waals surface area (Å²) in [5, 5.41) is 9.16. The number of aliphatic hydroxyl groups excluding tert-OH is 1. The fourth-order valence-corrected chi connectivity index (χ4v) is 1.47. The monoisotopic (exact) mass is 304 g/mol. The minimum atomic E-state index is -0.491. The molecular weight excluding hydrogens is 272 g/mol. The molecule has 126 valence electrons. The van der Waals surface area contributed by atoms with Gasteiger partial charge in [-0.15, -0.1) is 0 Å². The quantitative estimate of drug-likeness (QED) is 0.663. The first-order valence-electron chi connectivity index (χ1n) is 7.35. The van der Waals surface area contributed by atoms with E-state index in [1.54, 1.807) is 0 Å². The minimum Gasteiger partial charge on any atom is -0.458 e. The molecule has 5 heteroatoms. The van der Waals surface area contributed by atoms with E-state index in [1.165, 1.54) is 0 Å². The van der Waals surface area contributed by atoms with Crippen LogP contribution in [0.4, 0.5) is 0 Å². The Morgan fingerprint density at radius 3 is 1.81 bits per heavy atom. The van der Waals surface area contributed by atoms with Crippen LogP contribution < -0.4 is 0 Å². The van der Waals surface area contributed by atoms with Crippen LogP contribution in [0.3, 0.4) is 0 Å². The van der Waals surface area contributed by atoms with Gasteiger partial charge in [0.25, 0.3) is 0 Å². The van der Waals surface area contributed by atoms with E-state index in [1.807, 2.05) is 48.5 Å². The molecule has 0 aromatic carbocycles. The molecule has 0 unspecified atom stereocenters. The van der Waals surface area contributed by atoms with E-state index in [2.05, 4.69) is 0 Å². The van der Waals surface area contributed by atoms with E-state index < -0.39 is 5.60 Å². The summed E-state index contributed by atoms with van der Waals surface area (Å²) in [4.78, 5) is 11.5. The zero-order valence-electron chi connectivity index (χ0n) is 14.6. The van der Waals surface area contributed by atoms with Crippen LogP contribution in [0.2, 0.25) is 0 Å². The van der Waals surface area contributed by atoms with Gasteiger partial charge in [-0.3, -0.25) is 0 Å². The molecular formula is C16H32O5. The third kappa shape index (κ3) is 11.7. The summed E-state index contributed by atoms with van der Waals surface area (Å²) in [6.45, 7) is 14.8. The van der Waals surface area contributed by atoms with Gasteiger partial charge in [0.05, 0.1) is 26.4 Å². The van der Waals surface area contributed by atoms with Crippen molar-refractivity contribution in [2.75, 3.05) is 33.0 Å². The van der Waals surface area contributed by atoms with E-state index in [0.717, 1.165) is 0 Å². The Bertz CT molecular complexity index is 315. The van der Waals surface area contributed by atoms with Crippen LogP contribution in [0.1, 0.15) is 48.5 Å². The molecule has 0 heterocycles. The third-order valence-corrected chi connectivity index (χ3v) is 2.55. The molecule has 0 aromatic heterocycles. The molecule has 0 fully saturated rings. The molecule has 0 aliphatic heterocycles. The highest BCUT2D eigenvalue weighted by molar-refractivity contribution is 5.71. The third-order valence-electron chi connectivity index (χ3n) is 2.55. The summed E-state index contributed by atoms with van der Waals surface area (Å²) in [5.41, 5.74) is -0.935. The first kappa shape index (κ1) is 20.3. The van der Waals surface area contributed by atoms with Crippen molar-refractivity contribution in [2.24, 2.45) is 10.8 Å². The van der Waals surface area contributed by atoms with Crippen LogP contribution in [-0.4, -0.2) is 49.7 Å². The Kier molecular flexibility index (Phi) is 7.86. The topological polar surface area (TPSA) is 65.0 Å². The lowest BCUT2D eigenvalue weighted by atomic mass is 9.94. The molecule has 0 radical (unpaired) electrons. The molecule has 0 aliphatic rings. The first-order valence-corrected chi connectivity index (χ1v) is 7.35. The van der Waals surface area contributed by atoms with Crippen LogP contribution in [0.25, 0.3) is 0 Å². The lowest BCUT2D eigenvalue weighted by Crippen LogP contribution is -2.32. The Morgan fingerprint density at radius 1 is 0.857 bits per heavy atom. The largest absolute Gasteiger partial charge is 0.458 e. The summed E-state index contributed by atoms with van der Waals surface area (Å²) in [5.74, 6) is -0.361. The second-order valence-corrected chi connectivity index (χ2v) is 8.06. The number of esters is 1. The molecule has 0 aliphatic carbocycles. The molecule has 0 rings (SSSR count). The highest BCUT2D eigenvalue weighted by atomic mass is 16.6. The summed E-state index contributed by atoms with van der Waals surface area (Å²) in [6, 6.07) is 0. The highest BCUT2D eigenvalue weighted by Gasteiger charge is 2.23. The molecule has 0 saturated carbocycles. The van der Waals surface area contributed by atoms with E-state index in [-0.39, 0.29) is 30.0 Å². The lowest BCUT2D eigenvalue weighted by molar-refractivity contribution is -0.161. The summed E-state index contributed by atoms with van der Waals surface area (Å²) >= 11 is 0. The molecule has 0 aromatic rings. The van der Waals surface area contributed by atoms with Gasteiger partial charge in [0.2, 0.25) is 0 Å². The lowest BCUT2D eigenvalue weighted by Gasteiger charge is -2.28. The van der Waals surface area contributed by atoms with Gasteiger partial charge in [-0.2, -0.15) is 0 Å². The average Bonchev–Trinajstić information content (AvgIpc) is 2.25. The smallest absolute Gasteiger partial charge is 0.332 e. The number of rotatable bonds is 9. The van der Waals surface area contributed by atoms with Crippen molar-refractivity contribution in [1.82, 2.24) is 0 Å². The van der Waals surface area contributed by atoms with Gasteiger partial charge in [0.15, 0.2) is 0 Å². The standard InChI is InChI=1S/C16H32O5/c1-14(2,3)21-13(18)8-19-11-16(6,7)12-20-10-15(4,5)9-17/h17H,8-12H2,1-7H3. The van der Waals surface area contributed by atoms with Gasteiger partial charge in [-0.25, -0.2) is 4.79 Å². The number of ether oxygens (including phenoxy) is 3. The van der Waals surface area contributed by atoms with E-state index in [4.69, 9.17) is 19.3 Å². The molecule has 0 atom stereocenters. The second-order valence-electron chi connectivity index (χ2n) is 8.06. The summed E-state index contributed by atoms with van der Waals surface area (Å²) < 4.78 is 16.2. The van der Waals surface area contributed by atoms with E-state index in [0.29, 0.717) is 19.8 Å². The summed E-state index contributed by atoms with van der Waals surface area (Å²) in [7, 11) is 0. The van der Waals surface area contributed by atoms with Gasteiger partial charge in [0.1, 0.15) is 12.2 Å². The van der Waals surface area contributed by atoms with Gasteiger partial charge in [-0.05, 0) is 20.8 Å². The molecule has 5 nitrogen and oxygen atoms in total. The number of hydrogen-bond acceptors (Lipinski definition) is 5. The first-order chi connectivity index (χ1) is 9.37. The van der Waals surface area contributed by atoms with Crippen LogP contribution in [-0.2, 0) is 19.0 Å². The van der Waals surface area contributed by atoms with Crippen molar-refractivity contribution >= 4 is 5.97 Å². The maximum Gasteiger partial charge on any atom is 0.332 e. The van der Waals surface area contributed by atoms with Crippen molar-refractivity contribution in [1.29, 1.82) is 0 Å². The zero-order valence-corrected chi connectivity index (χ0v) is 14.6. The Balaban J connectivity index is 3.95. The molecule has 1 N–H and O–H groups in total. The van der Waals surface area contributed by atoms with E-state index in [9.17, 15) is 4.79 Å². The average molecular weight is 304 g/mol. The van der Waals surface area contributed by atoms with Crippen molar-refractivity contribution in [3.8, 4) is 0 Å². The second kappa shape index (κ2) is 8.11. The van der Waals surface area contributed by atoms with Crippen LogP contribution >= 0.6 is 0 Å². The Hall–Kier alpha value is -0.650. The van der Waals surface area contributed by atoms with Gasteiger partial charge in [0, 0.05) is 10.8 Å². The number of hydrogen-bond donors (Lipinski definition) is 1. The minimum absolute atomic E-state index is 0.0527.